The Morgan fingerprint density at radius 2 is 1.80 bits per heavy atom. The first kappa shape index (κ1) is 27.8. The lowest BCUT2D eigenvalue weighted by Crippen LogP contribution is -2.35. The van der Waals surface area contributed by atoms with Crippen LogP contribution in [0.3, 0.4) is 0 Å². The molecule has 212 valence electrons. The number of rotatable bonds is 9. The van der Waals surface area contributed by atoms with Crippen molar-refractivity contribution in [1.82, 2.24) is 20.6 Å². The summed E-state index contributed by atoms with van der Waals surface area (Å²) in [5.41, 5.74) is 1.22. The first-order valence-corrected chi connectivity index (χ1v) is 13.3. The minimum atomic E-state index is -0.931. The Labute approximate surface area is 236 Å². The van der Waals surface area contributed by atoms with Crippen molar-refractivity contribution in [2.45, 2.75) is 19.4 Å². The highest BCUT2D eigenvalue weighted by Crippen LogP contribution is 2.40. The molecule has 0 unspecified atom stereocenters. The Bertz CT molecular complexity index is 1530. The zero-order valence-electron chi connectivity index (χ0n) is 22.5. The molecule has 5 rings (SSSR count). The molecule has 0 saturated carbocycles. The van der Waals surface area contributed by atoms with Gasteiger partial charge in [0.2, 0.25) is 0 Å². The van der Waals surface area contributed by atoms with E-state index >= 15 is 0 Å². The SMILES string of the molecule is COc1c(OCC2CCNCC2)ccc2c(Oc3ccc(NC(=O)C(=O)NCc4ccccn4)cc3F)ccnc12. The Morgan fingerprint density at radius 1 is 0.976 bits per heavy atom. The van der Waals surface area contributed by atoms with E-state index in [1.165, 1.54) is 12.1 Å². The zero-order chi connectivity index (χ0) is 28.6. The number of benzene rings is 2. The summed E-state index contributed by atoms with van der Waals surface area (Å²) in [6.45, 7) is 2.64. The molecule has 2 amide bonds. The van der Waals surface area contributed by atoms with Crippen molar-refractivity contribution in [2.24, 2.45) is 5.92 Å². The van der Waals surface area contributed by atoms with E-state index in [-0.39, 0.29) is 18.0 Å². The number of piperidine rings is 1. The molecule has 0 spiro atoms. The fourth-order valence-corrected chi connectivity index (χ4v) is 4.53. The standard InChI is InChI=1S/C30H30FN5O5/c1-39-28-26(40-18-19-9-13-32-14-10-19)8-6-22-24(11-15-34-27(22)28)41-25-7-5-20(16-23(25)31)36-30(38)29(37)35-17-21-4-2-3-12-33-21/h2-8,11-12,15-16,19,32H,9-10,13-14,17-18H2,1H3,(H,35,37)(H,36,38). The predicted molar refractivity (Wildman–Crippen MR) is 151 cm³/mol. The molecule has 1 fully saturated rings. The number of carbonyl (C=O) groups excluding carboxylic acids is 2. The summed E-state index contributed by atoms with van der Waals surface area (Å²) in [7, 11) is 1.55. The van der Waals surface area contributed by atoms with Gasteiger partial charge in [0.25, 0.3) is 0 Å². The second kappa shape index (κ2) is 13.1. The van der Waals surface area contributed by atoms with Gasteiger partial charge in [0.05, 0.1) is 26.0 Å². The Kier molecular flexibility index (Phi) is 8.85. The number of anilines is 1. The van der Waals surface area contributed by atoms with Gasteiger partial charge < -0.3 is 30.2 Å². The number of methoxy groups -OCH3 is 1. The predicted octanol–water partition coefficient (Wildman–Crippen LogP) is 4.20. The highest BCUT2D eigenvalue weighted by Gasteiger charge is 2.19. The summed E-state index contributed by atoms with van der Waals surface area (Å²) in [4.78, 5) is 32.9. The van der Waals surface area contributed by atoms with E-state index in [4.69, 9.17) is 14.2 Å². The molecule has 2 aromatic carbocycles. The zero-order valence-corrected chi connectivity index (χ0v) is 22.5. The molecule has 0 radical (unpaired) electrons. The van der Waals surface area contributed by atoms with E-state index < -0.39 is 17.6 Å². The fraction of sp³-hybridized carbons (Fsp3) is 0.267. The lowest BCUT2D eigenvalue weighted by Gasteiger charge is -2.23. The third-order valence-corrected chi connectivity index (χ3v) is 6.70. The fourth-order valence-electron chi connectivity index (χ4n) is 4.53. The van der Waals surface area contributed by atoms with Crippen LogP contribution < -0.4 is 30.2 Å². The lowest BCUT2D eigenvalue weighted by atomic mass is 9.99. The van der Waals surface area contributed by atoms with Gasteiger partial charge in [-0.15, -0.1) is 0 Å². The molecular formula is C30H30FN5O5. The van der Waals surface area contributed by atoms with Crippen LogP contribution in [0.1, 0.15) is 18.5 Å². The third kappa shape index (κ3) is 6.87. The molecule has 0 aliphatic carbocycles. The summed E-state index contributed by atoms with van der Waals surface area (Å²) in [5, 5.41) is 8.82. The van der Waals surface area contributed by atoms with Gasteiger partial charge in [0.1, 0.15) is 11.3 Å². The average molecular weight is 560 g/mol. The van der Waals surface area contributed by atoms with Crippen molar-refractivity contribution in [3.05, 3.63) is 78.5 Å². The minimum Gasteiger partial charge on any atom is -0.491 e. The van der Waals surface area contributed by atoms with Crippen molar-refractivity contribution in [3.8, 4) is 23.0 Å². The first-order chi connectivity index (χ1) is 20.0. The molecule has 4 aromatic rings. The van der Waals surface area contributed by atoms with Crippen LogP contribution in [0.4, 0.5) is 10.1 Å². The summed E-state index contributed by atoms with van der Waals surface area (Å²) in [5.74, 6) is -0.707. The van der Waals surface area contributed by atoms with Gasteiger partial charge in [-0.2, -0.15) is 0 Å². The molecule has 3 N–H and O–H groups in total. The van der Waals surface area contributed by atoms with Crippen LogP contribution in [-0.4, -0.2) is 48.6 Å². The third-order valence-electron chi connectivity index (χ3n) is 6.70. The topological polar surface area (TPSA) is 124 Å². The molecule has 1 aliphatic heterocycles. The second-order valence-corrected chi connectivity index (χ2v) is 9.51. The first-order valence-electron chi connectivity index (χ1n) is 13.3. The number of carbonyl (C=O) groups is 2. The molecule has 1 saturated heterocycles. The number of hydrogen-bond acceptors (Lipinski definition) is 8. The molecule has 41 heavy (non-hydrogen) atoms. The van der Waals surface area contributed by atoms with Crippen molar-refractivity contribution in [3.63, 3.8) is 0 Å². The van der Waals surface area contributed by atoms with Crippen LogP contribution in [0.25, 0.3) is 10.9 Å². The van der Waals surface area contributed by atoms with Gasteiger partial charge in [-0.25, -0.2) is 4.39 Å². The van der Waals surface area contributed by atoms with E-state index in [9.17, 15) is 14.0 Å². The molecule has 11 heteroatoms. The van der Waals surface area contributed by atoms with Crippen LogP contribution in [0, 0.1) is 11.7 Å². The Hall–Kier alpha value is -4.77. The normalized spacial score (nSPS) is 13.4. The van der Waals surface area contributed by atoms with Crippen molar-refractivity contribution >= 4 is 28.4 Å². The van der Waals surface area contributed by atoms with E-state index in [1.807, 2.05) is 0 Å². The van der Waals surface area contributed by atoms with Crippen LogP contribution in [0.5, 0.6) is 23.0 Å². The molecule has 1 aliphatic rings. The number of ether oxygens (including phenoxy) is 3. The molecule has 3 heterocycles. The van der Waals surface area contributed by atoms with Gasteiger partial charge in [-0.3, -0.25) is 19.6 Å². The Morgan fingerprint density at radius 3 is 2.56 bits per heavy atom. The molecule has 2 aromatic heterocycles. The number of nitrogens with one attached hydrogen (secondary N) is 3. The highest BCUT2D eigenvalue weighted by atomic mass is 19.1. The lowest BCUT2D eigenvalue weighted by molar-refractivity contribution is -0.136. The van der Waals surface area contributed by atoms with Crippen molar-refractivity contribution in [1.29, 1.82) is 0 Å². The number of nitrogens with zero attached hydrogens (tertiary/aromatic N) is 2. The second-order valence-electron chi connectivity index (χ2n) is 9.51. The van der Waals surface area contributed by atoms with Crippen molar-refractivity contribution in [2.75, 3.05) is 32.1 Å². The van der Waals surface area contributed by atoms with E-state index in [0.717, 1.165) is 32.0 Å². The van der Waals surface area contributed by atoms with E-state index in [2.05, 4.69) is 25.9 Å². The monoisotopic (exact) mass is 559 g/mol. The van der Waals surface area contributed by atoms with Gasteiger partial charge in [-0.05, 0) is 74.3 Å². The Balaban J connectivity index is 1.25. The number of fused-ring (bicyclic) bond motifs is 1. The highest BCUT2D eigenvalue weighted by molar-refractivity contribution is 6.39. The van der Waals surface area contributed by atoms with Gasteiger partial charge in [0.15, 0.2) is 23.1 Å². The number of amides is 2. The number of aromatic nitrogens is 2. The number of halogens is 1. The maximum atomic E-state index is 15.0. The van der Waals surface area contributed by atoms with Gasteiger partial charge in [-0.1, -0.05) is 6.07 Å². The molecule has 0 atom stereocenters. The van der Waals surface area contributed by atoms with Crippen molar-refractivity contribution < 1.29 is 28.2 Å². The van der Waals surface area contributed by atoms with E-state index in [0.29, 0.717) is 46.4 Å². The largest absolute Gasteiger partial charge is 0.491 e. The summed E-state index contributed by atoms with van der Waals surface area (Å²) >= 11 is 0. The quantitative estimate of drug-likeness (QED) is 0.261. The number of hydrogen-bond donors (Lipinski definition) is 3. The number of pyridine rings is 2. The maximum absolute atomic E-state index is 15.0. The van der Waals surface area contributed by atoms with Crippen LogP contribution in [0.2, 0.25) is 0 Å². The summed E-state index contributed by atoms with van der Waals surface area (Å²) < 4.78 is 32.6. The average Bonchev–Trinajstić information content (AvgIpc) is 3.00. The van der Waals surface area contributed by atoms with Crippen LogP contribution in [0.15, 0.2) is 67.0 Å². The smallest absolute Gasteiger partial charge is 0.313 e. The molecule has 10 nitrogen and oxygen atoms in total. The summed E-state index contributed by atoms with van der Waals surface area (Å²) in [6, 6.07) is 14.4. The van der Waals surface area contributed by atoms with Crippen LogP contribution in [-0.2, 0) is 16.1 Å². The van der Waals surface area contributed by atoms with Gasteiger partial charge in [0, 0.05) is 29.5 Å². The summed E-state index contributed by atoms with van der Waals surface area (Å²) in [6.07, 6.45) is 5.24. The maximum Gasteiger partial charge on any atom is 0.313 e. The molecular weight excluding hydrogens is 529 g/mol. The minimum absolute atomic E-state index is 0.0692. The van der Waals surface area contributed by atoms with Gasteiger partial charge >= 0.3 is 11.8 Å². The molecule has 0 bridgehead atoms. The van der Waals surface area contributed by atoms with E-state index in [1.54, 1.807) is 55.9 Å². The van der Waals surface area contributed by atoms with Crippen LogP contribution >= 0.6 is 0 Å².